The molecule has 13 heavy (non-hydrogen) atoms. The van der Waals surface area contributed by atoms with Crippen molar-refractivity contribution in [2.45, 2.75) is 45.7 Å². The van der Waals surface area contributed by atoms with Crippen LogP contribution in [0.25, 0.3) is 0 Å². The van der Waals surface area contributed by atoms with E-state index in [1.165, 1.54) is 6.08 Å². The molecule has 0 fully saturated rings. The van der Waals surface area contributed by atoms with Gasteiger partial charge in [0.25, 0.3) is 0 Å². The minimum absolute atomic E-state index is 0.00578. The number of ketones is 1. The van der Waals surface area contributed by atoms with Gasteiger partial charge >= 0.3 is 0 Å². The van der Waals surface area contributed by atoms with Crippen molar-refractivity contribution >= 4 is 5.78 Å². The van der Waals surface area contributed by atoms with Gasteiger partial charge in [-0.2, -0.15) is 0 Å². The first-order valence-corrected chi connectivity index (χ1v) is 4.44. The molecule has 0 aromatic heterocycles. The first-order chi connectivity index (χ1) is 5.88. The first kappa shape index (κ1) is 10.4. The number of ether oxygens (including phenoxy) is 2. The number of carbonyl (C=O) groups excluding carboxylic acids is 1. The molecular weight excluding hydrogens is 168 g/mol. The molecule has 2 atom stereocenters. The van der Waals surface area contributed by atoms with Crippen LogP contribution in [0.5, 0.6) is 0 Å². The highest BCUT2D eigenvalue weighted by Crippen LogP contribution is 2.17. The van der Waals surface area contributed by atoms with Crippen LogP contribution in [0, 0.1) is 0 Å². The van der Waals surface area contributed by atoms with E-state index in [4.69, 9.17) is 9.47 Å². The maximum absolute atomic E-state index is 11.0. The lowest BCUT2D eigenvalue weighted by Gasteiger charge is -2.29. The van der Waals surface area contributed by atoms with Gasteiger partial charge in [0.1, 0.15) is 6.10 Å². The zero-order valence-corrected chi connectivity index (χ0v) is 8.53. The van der Waals surface area contributed by atoms with Crippen molar-refractivity contribution in [3.8, 4) is 0 Å². The van der Waals surface area contributed by atoms with E-state index >= 15 is 0 Å². The summed E-state index contributed by atoms with van der Waals surface area (Å²) >= 11 is 0. The highest BCUT2D eigenvalue weighted by atomic mass is 16.7. The SMILES string of the molecule is CC1OC(OC(C)(C)C)C=CC1=O. The maximum Gasteiger partial charge on any atom is 0.184 e. The molecule has 0 saturated carbocycles. The van der Waals surface area contributed by atoms with E-state index in [9.17, 15) is 4.79 Å². The van der Waals surface area contributed by atoms with Gasteiger partial charge < -0.3 is 9.47 Å². The molecule has 3 nitrogen and oxygen atoms in total. The molecule has 0 spiro atoms. The van der Waals surface area contributed by atoms with Crippen LogP contribution in [0.1, 0.15) is 27.7 Å². The maximum atomic E-state index is 11.0. The molecule has 1 aliphatic heterocycles. The normalized spacial score (nSPS) is 29.4. The average molecular weight is 184 g/mol. The molecule has 1 heterocycles. The Morgan fingerprint density at radius 1 is 1.46 bits per heavy atom. The molecule has 1 rings (SSSR count). The van der Waals surface area contributed by atoms with Crippen molar-refractivity contribution < 1.29 is 14.3 Å². The summed E-state index contributed by atoms with van der Waals surface area (Å²) in [7, 11) is 0. The summed E-state index contributed by atoms with van der Waals surface area (Å²) in [4.78, 5) is 11.0. The predicted octanol–water partition coefficient (Wildman–Crippen LogP) is 1.67. The van der Waals surface area contributed by atoms with E-state index in [1.54, 1.807) is 13.0 Å². The Kier molecular flexibility index (Phi) is 2.88. The van der Waals surface area contributed by atoms with Crippen molar-refractivity contribution in [2.24, 2.45) is 0 Å². The van der Waals surface area contributed by atoms with Gasteiger partial charge in [0.2, 0.25) is 0 Å². The van der Waals surface area contributed by atoms with Crippen LogP contribution in [-0.2, 0) is 14.3 Å². The van der Waals surface area contributed by atoms with Gasteiger partial charge in [-0.3, -0.25) is 4.79 Å². The molecule has 0 amide bonds. The second-order valence-electron chi connectivity index (χ2n) is 4.14. The van der Waals surface area contributed by atoms with Crippen molar-refractivity contribution in [1.82, 2.24) is 0 Å². The van der Waals surface area contributed by atoms with E-state index in [2.05, 4.69) is 0 Å². The fourth-order valence-electron chi connectivity index (χ4n) is 1.04. The first-order valence-electron chi connectivity index (χ1n) is 4.44. The number of rotatable bonds is 1. The van der Waals surface area contributed by atoms with Crippen molar-refractivity contribution in [2.75, 3.05) is 0 Å². The molecule has 0 aromatic carbocycles. The molecular formula is C10H16O3. The minimum atomic E-state index is -0.396. The Hall–Kier alpha value is -0.670. The van der Waals surface area contributed by atoms with Gasteiger partial charge in [-0.15, -0.1) is 0 Å². The zero-order valence-electron chi connectivity index (χ0n) is 8.53. The van der Waals surface area contributed by atoms with Gasteiger partial charge in [-0.05, 0) is 39.8 Å². The van der Waals surface area contributed by atoms with Gasteiger partial charge in [0, 0.05) is 0 Å². The molecule has 0 radical (unpaired) electrons. The number of carbonyl (C=O) groups is 1. The second-order valence-corrected chi connectivity index (χ2v) is 4.14. The van der Waals surface area contributed by atoms with E-state index in [0.29, 0.717) is 0 Å². The van der Waals surface area contributed by atoms with Crippen molar-refractivity contribution in [3.05, 3.63) is 12.2 Å². The van der Waals surface area contributed by atoms with Crippen LogP contribution in [0.4, 0.5) is 0 Å². The average Bonchev–Trinajstić information content (AvgIpc) is 1.94. The summed E-state index contributed by atoms with van der Waals surface area (Å²) in [6.07, 6.45) is 2.38. The Balaban J connectivity index is 2.56. The fourth-order valence-corrected chi connectivity index (χ4v) is 1.04. The zero-order chi connectivity index (χ0) is 10.1. The van der Waals surface area contributed by atoms with Gasteiger partial charge in [-0.1, -0.05) is 0 Å². The lowest BCUT2D eigenvalue weighted by atomic mass is 10.1. The lowest BCUT2D eigenvalue weighted by Crippen LogP contribution is -2.35. The Bertz CT molecular complexity index is 225. The highest BCUT2D eigenvalue weighted by Gasteiger charge is 2.25. The third kappa shape index (κ3) is 3.28. The van der Waals surface area contributed by atoms with Crippen LogP contribution in [-0.4, -0.2) is 23.8 Å². The molecule has 0 saturated heterocycles. The van der Waals surface area contributed by atoms with Crippen molar-refractivity contribution in [3.63, 3.8) is 0 Å². The second kappa shape index (κ2) is 3.60. The highest BCUT2D eigenvalue weighted by molar-refractivity contribution is 5.93. The van der Waals surface area contributed by atoms with E-state index in [-0.39, 0.29) is 11.4 Å². The van der Waals surface area contributed by atoms with Crippen LogP contribution in [0.15, 0.2) is 12.2 Å². The monoisotopic (exact) mass is 184 g/mol. The third-order valence-electron chi connectivity index (χ3n) is 1.63. The Morgan fingerprint density at radius 2 is 2.08 bits per heavy atom. The molecule has 0 bridgehead atoms. The fraction of sp³-hybridized carbons (Fsp3) is 0.700. The van der Waals surface area contributed by atoms with Gasteiger partial charge in [-0.25, -0.2) is 0 Å². The molecule has 3 heteroatoms. The quantitative estimate of drug-likeness (QED) is 0.622. The summed E-state index contributed by atoms with van der Waals surface area (Å²) < 4.78 is 10.9. The lowest BCUT2D eigenvalue weighted by molar-refractivity contribution is -0.192. The summed E-state index contributed by atoms with van der Waals surface area (Å²) in [5, 5.41) is 0. The number of hydrogen-bond donors (Lipinski definition) is 0. The smallest absolute Gasteiger partial charge is 0.184 e. The molecule has 0 aliphatic carbocycles. The predicted molar refractivity (Wildman–Crippen MR) is 49.3 cm³/mol. The van der Waals surface area contributed by atoms with E-state index in [1.807, 2.05) is 20.8 Å². The van der Waals surface area contributed by atoms with Crippen molar-refractivity contribution in [1.29, 1.82) is 0 Å². The summed E-state index contributed by atoms with van der Waals surface area (Å²) in [6, 6.07) is 0. The molecule has 74 valence electrons. The summed E-state index contributed by atoms with van der Waals surface area (Å²) in [6.45, 7) is 7.58. The molecule has 0 N–H and O–H groups in total. The largest absolute Gasteiger partial charge is 0.343 e. The molecule has 2 unspecified atom stereocenters. The van der Waals surface area contributed by atoms with Gasteiger partial charge in [0.15, 0.2) is 12.1 Å². The molecule has 0 aromatic rings. The Morgan fingerprint density at radius 3 is 2.54 bits per heavy atom. The standard InChI is InChI=1S/C10H16O3/c1-7-8(11)5-6-9(12-7)13-10(2,3)4/h5-7,9H,1-4H3. The topological polar surface area (TPSA) is 35.5 Å². The third-order valence-corrected chi connectivity index (χ3v) is 1.63. The van der Waals surface area contributed by atoms with Crippen LogP contribution >= 0.6 is 0 Å². The van der Waals surface area contributed by atoms with Crippen LogP contribution < -0.4 is 0 Å². The van der Waals surface area contributed by atoms with E-state index < -0.39 is 12.4 Å². The number of hydrogen-bond acceptors (Lipinski definition) is 3. The van der Waals surface area contributed by atoms with E-state index in [0.717, 1.165) is 0 Å². The summed E-state index contributed by atoms with van der Waals surface area (Å²) in [5.74, 6) is -0.00578. The van der Waals surface area contributed by atoms with Crippen LogP contribution in [0.3, 0.4) is 0 Å². The Labute approximate surface area is 78.7 Å². The summed E-state index contributed by atoms with van der Waals surface area (Å²) in [5.41, 5.74) is -0.255. The van der Waals surface area contributed by atoms with Crippen LogP contribution in [0.2, 0.25) is 0 Å². The van der Waals surface area contributed by atoms with Gasteiger partial charge in [0.05, 0.1) is 5.60 Å². The molecule has 1 aliphatic rings. The minimum Gasteiger partial charge on any atom is -0.343 e.